The predicted octanol–water partition coefficient (Wildman–Crippen LogP) is -0.0284. The number of hydrogen-bond donors (Lipinski definition) is 12. The van der Waals surface area contributed by atoms with Crippen molar-refractivity contribution in [3.8, 4) is 0 Å². The second-order valence-electron chi connectivity index (χ2n) is 23.0. The summed E-state index contributed by atoms with van der Waals surface area (Å²) < 4.78 is 38.1. The summed E-state index contributed by atoms with van der Waals surface area (Å²) >= 11 is 0. The number of allylic oxidation sites excluding steroid dienone is 2. The average molecular weight is 947 g/mol. The van der Waals surface area contributed by atoms with Gasteiger partial charge in [0.1, 0.15) is 67.1 Å². The van der Waals surface area contributed by atoms with Crippen LogP contribution in [0.5, 0.6) is 0 Å². The van der Waals surface area contributed by atoms with E-state index in [1.807, 2.05) is 34.6 Å². The summed E-state index contributed by atoms with van der Waals surface area (Å²) in [4.78, 5) is 0. The fourth-order valence-corrected chi connectivity index (χ4v) is 14.9. The molecule has 3 heterocycles. The molecule has 4 aliphatic carbocycles. The quantitative estimate of drug-likeness (QED) is 0.0904. The van der Waals surface area contributed by atoms with Gasteiger partial charge >= 0.3 is 0 Å². The normalized spacial score (nSPS) is 53.5. The summed E-state index contributed by atoms with van der Waals surface area (Å²) in [5.74, 6) is -1.12. The molecule has 66 heavy (non-hydrogen) atoms. The maximum atomic E-state index is 12.7. The van der Waals surface area contributed by atoms with Crippen molar-refractivity contribution in [1.29, 1.82) is 0 Å². The van der Waals surface area contributed by atoms with Crippen molar-refractivity contribution in [2.45, 2.75) is 230 Å². The molecule has 4 saturated carbocycles. The van der Waals surface area contributed by atoms with Crippen molar-refractivity contribution < 1.29 is 89.7 Å². The molecule has 7 fully saturated rings. The Labute approximate surface area is 388 Å². The van der Waals surface area contributed by atoms with E-state index in [0.29, 0.717) is 51.4 Å². The average Bonchev–Trinajstić information content (AvgIpc) is 3.64. The minimum atomic E-state index is -1.75. The van der Waals surface area contributed by atoms with Crippen LogP contribution in [0.15, 0.2) is 11.6 Å². The van der Waals surface area contributed by atoms with Crippen molar-refractivity contribution in [2.24, 2.45) is 45.3 Å². The largest absolute Gasteiger partial charge is 0.394 e. The molecule has 18 heteroatoms. The first-order valence-electron chi connectivity index (χ1n) is 24.3. The third-order valence-corrected chi connectivity index (χ3v) is 18.7. The molecule has 7 aliphatic rings. The molecule has 382 valence electrons. The number of hydrogen-bond acceptors (Lipinski definition) is 18. The van der Waals surface area contributed by atoms with Crippen LogP contribution in [0, 0.1) is 45.3 Å². The van der Waals surface area contributed by atoms with Gasteiger partial charge in [0.25, 0.3) is 0 Å². The first-order chi connectivity index (χ1) is 30.7. The molecule has 0 aromatic carbocycles. The lowest BCUT2D eigenvalue weighted by atomic mass is 9.34. The van der Waals surface area contributed by atoms with Crippen LogP contribution in [0.1, 0.15) is 114 Å². The Morgan fingerprint density at radius 1 is 0.682 bits per heavy atom. The zero-order valence-electron chi connectivity index (χ0n) is 40.2. The van der Waals surface area contributed by atoms with E-state index in [1.165, 1.54) is 6.92 Å². The van der Waals surface area contributed by atoms with Gasteiger partial charge in [-0.05, 0) is 124 Å². The molecule has 0 spiro atoms. The minimum absolute atomic E-state index is 0.0861. The zero-order valence-corrected chi connectivity index (χ0v) is 40.2. The van der Waals surface area contributed by atoms with Crippen molar-refractivity contribution in [3.05, 3.63) is 11.6 Å². The number of fused-ring (bicyclic) bond motifs is 5. The fraction of sp³-hybridized carbons (Fsp3) is 0.958. The van der Waals surface area contributed by atoms with Crippen LogP contribution in [-0.4, -0.2) is 191 Å². The Kier molecular flexibility index (Phi) is 15.4. The van der Waals surface area contributed by atoms with E-state index in [0.717, 1.165) is 5.57 Å². The summed E-state index contributed by atoms with van der Waals surface area (Å²) in [6, 6.07) is 0. The van der Waals surface area contributed by atoms with Gasteiger partial charge in [-0.3, -0.25) is 0 Å². The predicted molar refractivity (Wildman–Crippen MR) is 234 cm³/mol. The van der Waals surface area contributed by atoms with Crippen LogP contribution in [-0.2, 0) is 28.4 Å². The molecule has 3 aliphatic heterocycles. The van der Waals surface area contributed by atoms with Crippen LogP contribution < -0.4 is 0 Å². The van der Waals surface area contributed by atoms with Crippen molar-refractivity contribution in [2.75, 3.05) is 13.2 Å². The smallest absolute Gasteiger partial charge is 0.187 e. The zero-order chi connectivity index (χ0) is 48.8. The highest BCUT2D eigenvalue weighted by Crippen LogP contribution is 2.76. The molecule has 26 atom stereocenters. The maximum absolute atomic E-state index is 12.7. The molecule has 12 N–H and O–H groups in total. The van der Waals surface area contributed by atoms with E-state index in [9.17, 15) is 61.3 Å². The number of ether oxygens (including phenoxy) is 6. The Morgan fingerprint density at radius 3 is 1.89 bits per heavy atom. The lowest BCUT2D eigenvalue weighted by molar-refractivity contribution is -0.382. The van der Waals surface area contributed by atoms with Gasteiger partial charge in [-0.1, -0.05) is 46.3 Å². The van der Waals surface area contributed by atoms with E-state index >= 15 is 0 Å². The van der Waals surface area contributed by atoms with Gasteiger partial charge in [-0.2, -0.15) is 0 Å². The summed E-state index contributed by atoms with van der Waals surface area (Å²) in [6.45, 7) is 16.8. The highest BCUT2D eigenvalue weighted by Gasteiger charge is 2.74. The van der Waals surface area contributed by atoms with Gasteiger partial charge in [0.2, 0.25) is 0 Å². The van der Waals surface area contributed by atoms with Gasteiger partial charge in [0.05, 0.1) is 43.2 Å². The molecule has 15 unspecified atom stereocenters. The number of aliphatic hydroxyl groups excluding tert-OH is 12. The summed E-state index contributed by atoms with van der Waals surface area (Å²) in [5, 5.41) is 132. The van der Waals surface area contributed by atoms with Crippen LogP contribution in [0.3, 0.4) is 0 Å². The second-order valence-corrected chi connectivity index (χ2v) is 23.0. The molecule has 0 amide bonds. The van der Waals surface area contributed by atoms with Gasteiger partial charge in [-0.25, -0.2) is 0 Å². The molecular formula is C48H82O18. The van der Waals surface area contributed by atoms with E-state index in [1.54, 1.807) is 0 Å². The molecule has 0 radical (unpaired) electrons. The molecule has 18 nitrogen and oxygen atoms in total. The first kappa shape index (κ1) is 52.8. The van der Waals surface area contributed by atoms with Crippen molar-refractivity contribution in [1.82, 2.24) is 0 Å². The van der Waals surface area contributed by atoms with E-state index < -0.39 is 151 Å². The van der Waals surface area contributed by atoms with Crippen LogP contribution >= 0.6 is 0 Å². The Morgan fingerprint density at radius 2 is 1.27 bits per heavy atom. The van der Waals surface area contributed by atoms with Crippen LogP contribution in [0.4, 0.5) is 0 Å². The standard InChI is InChI=1S/C48H82O18/c1-21(2)11-10-14-48(9,66-42-38(60)35(57)32(54)26(19-49)63-42)23-12-16-46(7)30(23)24(51)17-28-45(6)15-13-29(52)44(4,5)40(45)25(18-47(28,46)8)62-43-39(36(58)33(55)27(20-50)64-43)65-41-37(59)34(56)31(53)22(3)61-41/h11,22-43,49-60H,10,12-20H2,1-9H3/t22?,23-,24+,25-,26?,27?,28+,29-,30-,31?,32?,33?,34?,35?,36?,37?,38?,39?,40-,41?,42?,43?,45+,46+,47+,48-/m0/s1. The topological polar surface area (TPSA) is 298 Å². The minimum Gasteiger partial charge on any atom is -0.394 e. The Balaban J connectivity index is 1.27. The van der Waals surface area contributed by atoms with Crippen molar-refractivity contribution >= 4 is 0 Å². The SMILES string of the molecule is CC(C)=CCC[C@](C)(OC1OC(CO)C(O)C(O)C1O)[C@H]1CC[C@]2(C)[C@@H]1[C@H](O)C[C@@H]1[C@@]3(C)CC[C@H](O)C(C)(C)[C@@H]3[C@@H](OC3OC(CO)C(O)C(O)C3OC3OC(C)C(O)C(O)C3O)C[C@]12C. The second kappa shape index (κ2) is 19.2. The highest BCUT2D eigenvalue weighted by molar-refractivity contribution is 5.22. The first-order valence-corrected chi connectivity index (χ1v) is 24.3. The third kappa shape index (κ3) is 8.69. The molecule has 7 rings (SSSR count). The number of rotatable bonds is 12. The number of aliphatic hydroxyl groups is 12. The van der Waals surface area contributed by atoms with E-state index in [-0.39, 0.29) is 23.7 Å². The summed E-state index contributed by atoms with van der Waals surface area (Å²) in [6.07, 6.45) is -18.3. The van der Waals surface area contributed by atoms with Gasteiger partial charge in [-0.15, -0.1) is 0 Å². The summed E-state index contributed by atoms with van der Waals surface area (Å²) in [5.41, 5.74) is -2.43. The van der Waals surface area contributed by atoms with Gasteiger partial charge in [0.15, 0.2) is 18.9 Å². The summed E-state index contributed by atoms with van der Waals surface area (Å²) in [7, 11) is 0. The fourth-order valence-electron chi connectivity index (χ4n) is 14.9. The van der Waals surface area contributed by atoms with Crippen LogP contribution in [0.2, 0.25) is 0 Å². The van der Waals surface area contributed by atoms with Gasteiger partial charge < -0.3 is 89.7 Å². The lowest BCUT2D eigenvalue weighted by Crippen LogP contribution is -2.71. The molecule has 3 saturated heterocycles. The van der Waals surface area contributed by atoms with E-state index in [2.05, 4.69) is 26.8 Å². The van der Waals surface area contributed by atoms with Gasteiger partial charge in [0, 0.05) is 0 Å². The third-order valence-electron chi connectivity index (χ3n) is 18.7. The monoisotopic (exact) mass is 947 g/mol. The van der Waals surface area contributed by atoms with E-state index in [4.69, 9.17) is 28.4 Å². The lowest BCUT2D eigenvalue weighted by Gasteiger charge is -2.72. The maximum Gasteiger partial charge on any atom is 0.187 e. The van der Waals surface area contributed by atoms with Crippen LogP contribution in [0.25, 0.3) is 0 Å². The van der Waals surface area contributed by atoms with Crippen molar-refractivity contribution in [3.63, 3.8) is 0 Å². The molecule has 0 bridgehead atoms. The molecule has 0 aromatic rings. The molecular weight excluding hydrogens is 865 g/mol. The Hall–Kier alpha value is -0.980. The highest BCUT2D eigenvalue weighted by atomic mass is 16.8. The molecule has 0 aromatic heterocycles. The Bertz CT molecular complexity index is 1700.